The highest BCUT2D eigenvalue weighted by atomic mass is 16.5. The predicted molar refractivity (Wildman–Crippen MR) is 91.0 cm³/mol. The first-order valence-electron chi connectivity index (χ1n) is 8.39. The molecule has 1 aromatic carbocycles. The van der Waals surface area contributed by atoms with Gasteiger partial charge in [-0.25, -0.2) is 4.79 Å². The van der Waals surface area contributed by atoms with E-state index in [1.807, 2.05) is 24.3 Å². The fraction of sp³-hybridized carbons (Fsp3) is 0.556. The Morgan fingerprint density at radius 1 is 1.08 bits per heavy atom. The third-order valence-electron chi connectivity index (χ3n) is 5.33. The van der Waals surface area contributed by atoms with Crippen LogP contribution in [-0.2, 0) is 11.2 Å². The van der Waals surface area contributed by atoms with Gasteiger partial charge in [0.2, 0.25) is 0 Å². The number of hydrogen-bond donors (Lipinski definition) is 0. The van der Waals surface area contributed by atoms with E-state index >= 15 is 0 Å². The van der Waals surface area contributed by atoms with E-state index in [0.29, 0.717) is 19.4 Å². The molecule has 1 aromatic rings. The van der Waals surface area contributed by atoms with Crippen molar-refractivity contribution in [2.45, 2.75) is 24.8 Å². The van der Waals surface area contributed by atoms with E-state index in [2.05, 4.69) is 11.9 Å². The van der Waals surface area contributed by atoms with Crippen molar-refractivity contribution in [3.8, 4) is 5.75 Å². The maximum Gasteiger partial charge on any atom is 0.327 e. The number of likely N-dealkylation sites (N-methyl/N-ethyl adjacent to an activating group) is 1. The van der Waals surface area contributed by atoms with Crippen LogP contribution in [0, 0.1) is 0 Å². The van der Waals surface area contributed by atoms with E-state index in [-0.39, 0.29) is 11.9 Å². The molecule has 2 aliphatic heterocycles. The smallest absolute Gasteiger partial charge is 0.327 e. The van der Waals surface area contributed by atoms with Crippen LogP contribution in [0.3, 0.4) is 0 Å². The summed E-state index contributed by atoms with van der Waals surface area (Å²) >= 11 is 0. The fourth-order valence-corrected chi connectivity index (χ4v) is 3.69. The molecule has 0 saturated carbocycles. The number of methoxy groups -OCH3 is 1. The molecule has 2 saturated heterocycles. The minimum Gasteiger partial charge on any atom is -0.497 e. The van der Waals surface area contributed by atoms with Gasteiger partial charge in [0.15, 0.2) is 0 Å². The Bertz CT molecular complexity index is 621. The highest BCUT2D eigenvalue weighted by molar-refractivity contribution is 6.06. The average molecular weight is 331 g/mol. The number of nitrogens with zero attached hydrogens (tertiary/aromatic N) is 3. The number of carbonyl (C=O) groups is 2. The molecule has 0 bridgehead atoms. The Morgan fingerprint density at radius 2 is 1.71 bits per heavy atom. The van der Waals surface area contributed by atoms with E-state index in [1.54, 1.807) is 19.1 Å². The minimum absolute atomic E-state index is 0.0460. The molecule has 0 radical (unpaired) electrons. The average Bonchev–Trinajstić information content (AvgIpc) is 2.78. The van der Waals surface area contributed by atoms with Gasteiger partial charge >= 0.3 is 6.03 Å². The van der Waals surface area contributed by atoms with Crippen LogP contribution in [0.15, 0.2) is 24.3 Å². The number of hydrogen-bond acceptors (Lipinski definition) is 4. The van der Waals surface area contributed by atoms with E-state index in [9.17, 15) is 9.59 Å². The molecular formula is C18H25N3O3. The molecular weight excluding hydrogens is 306 g/mol. The maximum atomic E-state index is 12.7. The summed E-state index contributed by atoms with van der Waals surface area (Å²) < 4.78 is 5.17. The SMILES string of the molecule is COc1ccc(CCN2C(=O)N(C)C(=O)C23CCN(C)CC3)cc1. The molecule has 2 fully saturated rings. The van der Waals surface area contributed by atoms with Crippen LogP contribution in [0.1, 0.15) is 18.4 Å². The van der Waals surface area contributed by atoms with E-state index in [1.165, 1.54) is 4.90 Å². The molecule has 6 heteroatoms. The summed E-state index contributed by atoms with van der Waals surface area (Å²) in [6.45, 7) is 2.24. The van der Waals surface area contributed by atoms with Crippen LogP contribution in [0.5, 0.6) is 5.75 Å². The molecule has 0 unspecified atom stereocenters. The van der Waals surface area contributed by atoms with Gasteiger partial charge in [0.25, 0.3) is 5.91 Å². The second-order valence-corrected chi connectivity index (χ2v) is 6.73. The van der Waals surface area contributed by atoms with Crippen molar-refractivity contribution in [2.75, 3.05) is 40.8 Å². The van der Waals surface area contributed by atoms with Crippen molar-refractivity contribution >= 4 is 11.9 Å². The standard InChI is InChI=1S/C18H25N3O3/c1-19-12-9-18(10-13-19)16(22)20(2)17(23)21(18)11-8-14-4-6-15(24-3)7-5-14/h4-7H,8-13H2,1-3H3. The normalized spacial score (nSPS) is 21.0. The number of piperidine rings is 1. The van der Waals surface area contributed by atoms with Gasteiger partial charge < -0.3 is 14.5 Å². The Balaban J connectivity index is 1.76. The van der Waals surface area contributed by atoms with Crippen molar-refractivity contribution in [3.05, 3.63) is 29.8 Å². The van der Waals surface area contributed by atoms with Gasteiger partial charge in [-0.1, -0.05) is 12.1 Å². The highest BCUT2D eigenvalue weighted by Crippen LogP contribution is 2.36. The molecule has 0 aromatic heterocycles. The zero-order valence-electron chi connectivity index (χ0n) is 14.6. The van der Waals surface area contributed by atoms with Crippen LogP contribution in [0.4, 0.5) is 4.79 Å². The third kappa shape index (κ3) is 2.75. The molecule has 3 amide bonds. The lowest BCUT2D eigenvalue weighted by Gasteiger charge is -2.41. The summed E-state index contributed by atoms with van der Waals surface area (Å²) in [5.41, 5.74) is 0.485. The molecule has 2 aliphatic rings. The van der Waals surface area contributed by atoms with Crippen LogP contribution in [0.25, 0.3) is 0 Å². The predicted octanol–water partition coefficient (Wildman–Crippen LogP) is 1.60. The van der Waals surface area contributed by atoms with Crippen molar-refractivity contribution in [3.63, 3.8) is 0 Å². The number of benzene rings is 1. The Morgan fingerprint density at radius 3 is 2.29 bits per heavy atom. The Hall–Kier alpha value is -2.08. The summed E-state index contributed by atoms with van der Waals surface area (Å²) in [5.74, 6) is 0.771. The molecule has 0 N–H and O–H groups in total. The zero-order chi connectivity index (χ0) is 17.3. The van der Waals surface area contributed by atoms with Gasteiger partial charge in [-0.3, -0.25) is 9.69 Å². The number of ether oxygens (including phenoxy) is 1. The molecule has 3 rings (SSSR count). The van der Waals surface area contributed by atoms with Gasteiger partial charge in [-0.05, 0) is 44.0 Å². The fourth-order valence-electron chi connectivity index (χ4n) is 3.69. The summed E-state index contributed by atoms with van der Waals surface area (Å²) in [5, 5.41) is 0. The summed E-state index contributed by atoms with van der Waals surface area (Å²) in [6.07, 6.45) is 2.15. The first kappa shape index (κ1) is 16.8. The van der Waals surface area contributed by atoms with E-state index in [4.69, 9.17) is 4.74 Å². The van der Waals surface area contributed by atoms with Crippen molar-refractivity contribution < 1.29 is 14.3 Å². The molecule has 1 spiro atoms. The monoisotopic (exact) mass is 331 g/mol. The van der Waals surface area contributed by atoms with Crippen LogP contribution >= 0.6 is 0 Å². The number of amides is 3. The first-order chi connectivity index (χ1) is 11.5. The van der Waals surface area contributed by atoms with Crippen LogP contribution in [-0.4, -0.2) is 73.0 Å². The number of rotatable bonds is 4. The highest BCUT2D eigenvalue weighted by Gasteiger charge is 2.56. The maximum absolute atomic E-state index is 12.7. The zero-order valence-corrected chi connectivity index (χ0v) is 14.6. The second kappa shape index (κ2) is 6.43. The first-order valence-corrected chi connectivity index (χ1v) is 8.39. The molecule has 0 aliphatic carbocycles. The van der Waals surface area contributed by atoms with Gasteiger partial charge in [-0.2, -0.15) is 0 Å². The molecule has 0 atom stereocenters. The second-order valence-electron chi connectivity index (χ2n) is 6.73. The van der Waals surface area contributed by atoms with E-state index in [0.717, 1.165) is 30.8 Å². The molecule has 6 nitrogen and oxygen atoms in total. The summed E-state index contributed by atoms with van der Waals surface area (Å²) in [4.78, 5) is 30.6. The molecule has 24 heavy (non-hydrogen) atoms. The minimum atomic E-state index is -0.648. The topological polar surface area (TPSA) is 53.1 Å². The van der Waals surface area contributed by atoms with E-state index < -0.39 is 5.54 Å². The van der Waals surface area contributed by atoms with Crippen molar-refractivity contribution in [1.82, 2.24) is 14.7 Å². The van der Waals surface area contributed by atoms with Gasteiger partial charge in [-0.15, -0.1) is 0 Å². The lowest BCUT2D eigenvalue weighted by Crippen LogP contribution is -2.56. The van der Waals surface area contributed by atoms with Crippen LogP contribution in [0.2, 0.25) is 0 Å². The summed E-state index contributed by atoms with van der Waals surface area (Å²) in [7, 11) is 5.29. The largest absolute Gasteiger partial charge is 0.497 e. The Labute approximate surface area is 143 Å². The number of urea groups is 1. The van der Waals surface area contributed by atoms with Gasteiger partial charge in [0.05, 0.1) is 7.11 Å². The lowest BCUT2D eigenvalue weighted by atomic mass is 9.86. The van der Waals surface area contributed by atoms with Crippen molar-refractivity contribution in [2.24, 2.45) is 0 Å². The van der Waals surface area contributed by atoms with Gasteiger partial charge in [0.1, 0.15) is 11.3 Å². The molecule has 2 heterocycles. The Kier molecular flexibility index (Phi) is 4.49. The number of carbonyl (C=O) groups excluding carboxylic acids is 2. The van der Waals surface area contributed by atoms with Gasteiger partial charge in [0, 0.05) is 26.7 Å². The van der Waals surface area contributed by atoms with Crippen molar-refractivity contribution in [1.29, 1.82) is 0 Å². The molecule has 130 valence electrons. The van der Waals surface area contributed by atoms with Crippen LogP contribution < -0.4 is 4.74 Å². The summed E-state index contributed by atoms with van der Waals surface area (Å²) in [6, 6.07) is 7.68. The third-order valence-corrected chi connectivity index (χ3v) is 5.33. The quantitative estimate of drug-likeness (QED) is 0.787. The number of imide groups is 1. The lowest BCUT2D eigenvalue weighted by molar-refractivity contribution is -0.134. The number of likely N-dealkylation sites (tertiary alicyclic amines) is 1.